The molecule has 2 atom stereocenters. The number of hydrogen-bond donors (Lipinski definition) is 1. The Hall–Kier alpha value is -0.420. The van der Waals surface area contributed by atoms with Crippen molar-refractivity contribution in [2.24, 2.45) is 0 Å². The van der Waals surface area contributed by atoms with Crippen molar-refractivity contribution in [1.82, 2.24) is 0 Å². The molecule has 0 aliphatic carbocycles. The van der Waals surface area contributed by atoms with Gasteiger partial charge in [-0.05, 0) is 6.92 Å². The van der Waals surface area contributed by atoms with Crippen LogP contribution in [0.25, 0.3) is 0 Å². The van der Waals surface area contributed by atoms with Crippen LogP contribution < -0.4 is 0 Å². The van der Waals surface area contributed by atoms with Crippen LogP contribution in [0.5, 0.6) is 0 Å². The molecule has 0 bridgehead atoms. The normalized spacial score (nSPS) is 16.4. The number of hydrogen-bond acceptors (Lipinski definition) is 6. The van der Waals surface area contributed by atoms with Crippen molar-refractivity contribution in [3.63, 3.8) is 0 Å². The Balaban J connectivity index is 4.13. The highest BCUT2D eigenvalue weighted by molar-refractivity contribution is 7.85. The summed E-state index contributed by atoms with van der Waals surface area (Å²) in [6.07, 6.45) is -0.951. The lowest BCUT2D eigenvalue weighted by Crippen LogP contribution is -2.23. The van der Waals surface area contributed by atoms with E-state index in [1.807, 2.05) is 0 Å². The van der Waals surface area contributed by atoms with Crippen LogP contribution in [0.3, 0.4) is 0 Å². The first-order valence-corrected chi connectivity index (χ1v) is 8.57. The molecule has 0 heterocycles. The molecule has 0 rings (SSSR count). The number of ether oxygens (including phenoxy) is 1. The van der Waals surface area contributed by atoms with Crippen LogP contribution >= 0.6 is 7.60 Å². The Morgan fingerprint density at radius 1 is 1.39 bits per heavy atom. The highest BCUT2D eigenvalue weighted by Gasteiger charge is 2.17. The predicted octanol–water partition coefficient (Wildman–Crippen LogP) is 0.769. The van der Waals surface area contributed by atoms with E-state index in [1.54, 1.807) is 0 Å². The third-order valence-electron chi connectivity index (χ3n) is 1.73. The molecule has 2 unspecified atom stereocenters. The highest BCUT2D eigenvalue weighted by atomic mass is 32.2. The molecule has 18 heavy (non-hydrogen) atoms. The molecular formula is C9H17O7PS. The van der Waals surface area contributed by atoms with Gasteiger partial charge in [0.05, 0.1) is 13.2 Å². The maximum absolute atomic E-state index is 11.3. The highest BCUT2D eigenvalue weighted by Crippen LogP contribution is 2.42. The summed E-state index contributed by atoms with van der Waals surface area (Å²) in [6.45, 7) is 2.77. The first-order valence-electron chi connectivity index (χ1n) is 4.97. The van der Waals surface area contributed by atoms with E-state index in [0.29, 0.717) is 0 Å². The Morgan fingerprint density at radius 3 is 2.44 bits per heavy atom. The van der Waals surface area contributed by atoms with Crippen molar-refractivity contribution >= 4 is 17.7 Å². The van der Waals surface area contributed by atoms with E-state index < -0.39 is 29.6 Å². The molecule has 0 radical (unpaired) electrons. The molecule has 0 aromatic carbocycles. The van der Waals surface area contributed by atoms with Crippen LogP contribution in [0.4, 0.5) is 0 Å². The predicted molar refractivity (Wildman–Crippen MR) is 66.1 cm³/mol. The molecule has 0 aliphatic rings. The second-order valence-corrected chi connectivity index (χ2v) is 6.95. The molecular weight excluding hydrogens is 283 g/mol. The molecule has 0 aromatic rings. The van der Waals surface area contributed by atoms with Gasteiger partial charge in [-0.25, -0.2) is 0 Å². The van der Waals surface area contributed by atoms with Crippen molar-refractivity contribution in [2.75, 3.05) is 32.7 Å². The Labute approximate surface area is 107 Å². The van der Waals surface area contributed by atoms with Gasteiger partial charge in [-0.3, -0.25) is 9.12 Å². The maximum Gasteiger partial charge on any atom is 0.327 e. The third kappa shape index (κ3) is 9.59. The monoisotopic (exact) mass is 300 g/mol. The second-order valence-electron chi connectivity index (χ2n) is 3.29. The molecule has 0 spiro atoms. The third-order valence-corrected chi connectivity index (χ3v) is 3.77. The molecule has 0 aromatic heterocycles. The van der Waals surface area contributed by atoms with E-state index in [1.165, 1.54) is 20.7 Å². The van der Waals surface area contributed by atoms with Gasteiger partial charge in [0, 0.05) is 13.8 Å². The summed E-state index contributed by atoms with van der Waals surface area (Å²) >= 11 is 0. The Kier molecular flexibility index (Phi) is 7.71. The SMILES string of the molecule is CC#CC(CS(=O)(=O)O)OCCOP(C)(=O)OC. The van der Waals surface area contributed by atoms with Gasteiger partial charge in [-0.2, -0.15) is 8.42 Å². The van der Waals surface area contributed by atoms with E-state index in [9.17, 15) is 13.0 Å². The zero-order valence-electron chi connectivity index (χ0n) is 10.5. The molecule has 0 saturated heterocycles. The van der Waals surface area contributed by atoms with Crippen LogP contribution in [0.2, 0.25) is 0 Å². The van der Waals surface area contributed by atoms with Crippen molar-refractivity contribution in [3.05, 3.63) is 0 Å². The molecule has 0 fully saturated rings. The fraction of sp³-hybridized carbons (Fsp3) is 0.778. The smallest absolute Gasteiger partial charge is 0.327 e. The van der Waals surface area contributed by atoms with Crippen LogP contribution in [0.1, 0.15) is 6.92 Å². The van der Waals surface area contributed by atoms with Crippen molar-refractivity contribution in [1.29, 1.82) is 0 Å². The van der Waals surface area contributed by atoms with Crippen LogP contribution in [0.15, 0.2) is 0 Å². The second kappa shape index (κ2) is 7.89. The van der Waals surface area contributed by atoms with Crippen LogP contribution in [-0.4, -0.2) is 51.8 Å². The molecule has 9 heteroatoms. The lowest BCUT2D eigenvalue weighted by atomic mass is 10.4. The van der Waals surface area contributed by atoms with Gasteiger partial charge in [-0.15, -0.1) is 5.92 Å². The van der Waals surface area contributed by atoms with E-state index >= 15 is 0 Å². The quantitative estimate of drug-likeness (QED) is 0.306. The van der Waals surface area contributed by atoms with E-state index in [0.717, 1.165) is 0 Å². The minimum absolute atomic E-state index is 0.0178. The summed E-state index contributed by atoms with van der Waals surface area (Å²) in [5.41, 5.74) is 0. The zero-order valence-corrected chi connectivity index (χ0v) is 12.2. The summed E-state index contributed by atoms with van der Waals surface area (Å²) in [4.78, 5) is 0. The van der Waals surface area contributed by atoms with Crippen molar-refractivity contribution in [2.45, 2.75) is 13.0 Å². The lowest BCUT2D eigenvalue weighted by molar-refractivity contribution is 0.0716. The zero-order chi connectivity index (χ0) is 14.2. The summed E-state index contributed by atoms with van der Waals surface area (Å²) in [5, 5.41) is 0. The summed E-state index contributed by atoms with van der Waals surface area (Å²) in [6, 6.07) is 0. The van der Waals surface area contributed by atoms with Crippen LogP contribution in [0, 0.1) is 11.8 Å². The van der Waals surface area contributed by atoms with Gasteiger partial charge < -0.3 is 13.8 Å². The van der Waals surface area contributed by atoms with Gasteiger partial charge in [-0.1, -0.05) is 5.92 Å². The van der Waals surface area contributed by atoms with Gasteiger partial charge in [0.2, 0.25) is 0 Å². The standard InChI is InChI=1S/C9H17O7PS/c1-4-5-9(8-18(11,12)13)15-6-7-16-17(3,10)14-2/h9H,6-8H2,1-3H3,(H,11,12,13). The first-order chi connectivity index (χ1) is 8.20. The van der Waals surface area contributed by atoms with Gasteiger partial charge in [0.1, 0.15) is 11.9 Å². The van der Waals surface area contributed by atoms with E-state index in [4.69, 9.17) is 13.8 Å². The lowest BCUT2D eigenvalue weighted by Gasteiger charge is -2.13. The average Bonchev–Trinajstić information content (AvgIpc) is 2.22. The minimum atomic E-state index is -4.16. The topological polar surface area (TPSA) is 99.1 Å². The summed E-state index contributed by atoms with van der Waals surface area (Å²) in [7, 11) is -5.98. The molecule has 0 saturated carbocycles. The average molecular weight is 300 g/mol. The van der Waals surface area contributed by atoms with Crippen molar-refractivity contribution < 1.29 is 31.3 Å². The maximum atomic E-state index is 11.3. The number of rotatable bonds is 8. The van der Waals surface area contributed by atoms with Crippen molar-refractivity contribution in [3.8, 4) is 11.8 Å². The van der Waals surface area contributed by atoms with Gasteiger partial charge in [0.25, 0.3) is 10.1 Å². The van der Waals surface area contributed by atoms with Gasteiger partial charge in [0.15, 0.2) is 0 Å². The fourth-order valence-electron chi connectivity index (χ4n) is 0.930. The molecule has 1 N–H and O–H groups in total. The Morgan fingerprint density at radius 2 is 2.00 bits per heavy atom. The molecule has 106 valence electrons. The van der Waals surface area contributed by atoms with Crippen LogP contribution in [-0.2, 0) is 28.5 Å². The largest absolute Gasteiger partial charge is 0.362 e. The fourth-order valence-corrected chi connectivity index (χ4v) is 2.00. The summed E-state index contributed by atoms with van der Waals surface area (Å²) < 4.78 is 55.9. The van der Waals surface area contributed by atoms with E-state index in [2.05, 4.69) is 16.4 Å². The minimum Gasteiger partial charge on any atom is -0.362 e. The van der Waals surface area contributed by atoms with Gasteiger partial charge >= 0.3 is 7.60 Å². The summed E-state index contributed by atoms with van der Waals surface area (Å²) in [5.74, 6) is 4.35. The molecule has 7 nitrogen and oxygen atoms in total. The first kappa shape index (κ1) is 17.6. The molecule has 0 amide bonds. The molecule has 0 aliphatic heterocycles. The Bertz CT molecular complexity index is 447. The van der Waals surface area contributed by atoms with E-state index in [-0.39, 0.29) is 13.2 Å².